The Morgan fingerprint density at radius 3 is 2.28 bits per heavy atom. The lowest BCUT2D eigenvalue weighted by atomic mass is 10.1. The zero-order valence-electron chi connectivity index (χ0n) is 13.9. The van der Waals surface area contributed by atoms with Crippen molar-refractivity contribution < 1.29 is 4.39 Å². The molecule has 1 saturated heterocycles. The lowest BCUT2D eigenvalue weighted by Gasteiger charge is -2.36. The molecule has 0 atom stereocenters. The van der Waals surface area contributed by atoms with Gasteiger partial charge in [-0.3, -0.25) is 0 Å². The van der Waals surface area contributed by atoms with Gasteiger partial charge in [0.15, 0.2) is 5.96 Å². The number of halogens is 1. The van der Waals surface area contributed by atoms with E-state index in [2.05, 4.69) is 20.9 Å². The highest BCUT2D eigenvalue weighted by Crippen LogP contribution is 2.17. The van der Waals surface area contributed by atoms with E-state index in [0.29, 0.717) is 18.1 Å². The van der Waals surface area contributed by atoms with Gasteiger partial charge in [0.05, 0.1) is 18.2 Å². The van der Waals surface area contributed by atoms with Crippen LogP contribution in [0.15, 0.2) is 53.5 Å². The van der Waals surface area contributed by atoms with E-state index in [-0.39, 0.29) is 5.82 Å². The van der Waals surface area contributed by atoms with Crippen molar-refractivity contribution in [2.75, 3.05) is 31.1 Å². The van der Waals surface area contributed by atoms with Crippen molar-refractivity contribution in [1.82, 2.24) is 4.90 Å². The molecule has 1 aliphatic rings. The van der Waals surface area contributed by atoms with Crippen LogP contribution in [-0.4, -0.2) is 37.0 Å². The van der Waals surface area contributed by atoms with Crippen LogP contribution >= 0.6 is 0 Å². The molecule has 5 nitrogen and oxygen atoms in total. The van der Waals surface area contributed by atoms with Crippen molar-refractivity contribution in [3.63, 3.8) is 0 Å². The van der Waals surface area contributed by atoms with E-state index in [4.69, 9.17) is 11.0 Å². The summed E-state index contributed by atoms with van der Waals surface area (Å²) in [6.45, 7) is 3.69. The zero-order valence-corrected chi connectivity index (χ0v) is 13.9. The summed E-state index contributed by atoms with van der Waals surface area (Å²) in [4.78, 5) is 8.72. The Morgan fingerprint density at radius 1 is 1.04 bits per heavy atom. The van der Waals surface area contributed by atoms with E-state index >= 15 is 0 Å². The third kappa shape index (κ3) is 4.27. The first-order valence-corrected chi connectivity index (χ1v) is 8.20. The number of nitrogens with zero attached hydrogens (tertiary/aromatic N) is 4. The van der Waals surface area contributed by atoms with Crippen LogP contribution in [0, 0.1) is 17.1 Å². The van der Waals surface area contributed by atoms with Gasteiger partial charge in [-0.05, 0) is 42.0 Å². The molecule has 2 N–H and O–H groups in total. The average Bonchev–Trinajstić information content (AvgIpc) is 2.67. The van der Waals surface area contributed by atoms with Gasteiger partial charge >= 0.3 is 0 Å². The SMILES string of the molecule is N#Cc1ccc(CN=C(N)N2CCN(c3ccc(F)cc3)CC2)cc1. The van der Waals surface area contributed by atoms with Crippen LogP contribution in [-0.2, 0) is 6.54 Å². The van der Waals surface area contributed by atoms with Gasteiger partial charge in [-0.1, -0.05) is 12.1 Å². The summed E-state index contributed by atoms with van der Waals surface area (Å²) in [5.41, 5.74) is 8.79. The zero-order chi connectivity index (χ0) is 17.6. The van der Waals surface area contributed by atoms with Crippen LogP contribution in [0.5, 0.6) is 0 Å². The molecule has 0 saturated carbocycles. The number of hydrogen-bond donors (Lipinski definition) is 1. The number of nitrogens with two attached hydrogens (primary N) is 1. The van der Waals surface area contributed by atoms with Gasteiger partial charge in [0.1, 0.15) is 5.82 Å². The Morgan fingerprint density at radius 2 is 1.68 bits per heavy atom. The first-order chi connectivity index (χ1) is 12.2. The van der Waals surface area contributed by atoms with Gasteiger partial charge in [0.2, 0.25) is 0 Å². The van der Waals surface area contributed by atoms with Gasteiger partial charge in [-0.15, -0.1) is 0 Å². The maximum absolute atomic E-state index is 13.0. The molecule has 6 heteroatoms. The quantitative estimate of drug-likeness (QED) is 0.689. The van der Waals surface area contributed by atoms with Crippen LogP contribution in [0.3, 0.4) is 0 Å². The number of nitriles is 1. The molecule has 0 unspecified atom stereocenters. The van der Waals surface area contributed by atoms with E-state index in [1.807, 2.05) is 12.1 Å². The van der Waals surface area contributed by atoms with Crippen molar-refractivity contribution in [3.8, 4) is 6.07 Å². The Hall–Kier alpha value is -3.07. The van der Waals surface area contributed by atoms with Crippen molar-refractivity contribution >= 4 is 11.6 Å². The molecule has 2 aromatic rings. The summed E-state index contributed by atoms with van der Waals surface area (Å²) in [5.74, 6) is 0.310. The number of piperazine rings is 1. The van der Waals surface area contributed by atoms with Crippen molar-refractivity contribution in [3.05, 3.63) is 65.5 Å². The Bertz CT molecular complexity index is 769. The molecule has 25 heavy (non-hydrogen) atoms. The molecule has 3 rings (SSSR count). The fourth-order valence-electron chi connectivity index (χ4n) is 2.80. The Balaban J connectivity index is 1.54. The molecular weight excluding hydrogens is 317 g/mol. The molecule has 0 bridgehead atoms. The Kier molecular flexibility index (Phi) is 5.14. The maximum Gasteiger partial charge on any atom is 0.191 e. The smallest absolute Gasteiger partial charge is 0.191 e. The molecule has 1 heterocycles. The monoisotopic (exact) mass is 337 g/mol. The summed E-state index contributed by atoms with van der Waals surface area (Å²) >= 11 is 0. The lowest BCUT2D eigenvalue weighted by molar-refractivity contribution is 0.380. The molecular formula is C19H20FN5. The lowest BCUT2D eigenvalue weighted by Crippen LogP contribution is -2.51. The molecule has 1 fully saturated rings. The minimum absolute atomic E-state index is 0.221. The molecule has 128 valence electrons. The third-order valence-corrected chi connectivity index (χ3v) is 4.30. The van der Waals surface area contributed by atoms with E-state index in [1.165, 1.54) is 12.1 Å². The summed E-state index contributed by atoms with van der Waals surface area (Å²) < 4.78 is 13.0. The highest BCUT2D eigenvalue weighted by atomic mass is 19.1. The highest BCUT2D eigenvalue weighted by molar-refractivity contribution is 5.78. The van der Waals surface area contributed by atoms with Crippen LogP contribution in [0.1, 0.15) is 11.1 Å². The molecule has 1 aliphatic heterocycles. The molecule has 2 aromatic carbocycles. The molecule has 0 aromatic heterocycles. The third-order valence-electron chi connectivity index (χ3n) is 4.30. The van der Waals surface area contributed by atoms with E-state index in [0.717, 1.165) is 37.4 Å². The van der Waals surface area contributed by atoms with Crippen LogP contribution < -0.4 is 10.6 Å². The van der Waals surface area contributed by atoms with Gasteiger partial charge < -0.3 is 15.5 Å². The van der Waals surface area contributed by atoms with Gasteiger partial charge in [0, 0.05) is 31.9 Å². The van der Waals surface area contributed by atoms with Crippen LogP contribution in [0.2, 0.25) is 0 Å². The first kappa shape index (κ1) is 16.8. The first-order valence-electron chi connectivity index (χ1n) is 8.20. The second-order valence-corrected chi connectivity index (χ2v) is 5.93. The largest absolute Gasteiger partial charge is 0.370 e. The second kappa shape index (κ2) is 7.67. The maximum atomic E-state index is 13.0. The van der Waals surface area contributed by atoms with E-state index < -0.39 is 0 Å². The second-order valence-electron chi connectivity index (χ2n) is 5.93. The summed E-state index contributed by atoms with van der Waals surface area (Å²) in [6, 6.07) is 16.0. The van der Waals surface area contributed by atoms with E-state index in [1.54, 1.807) is 24.3 Å². The van der Waals surface area contributed by atoms with Crippen LogP contribution in [0.25, 0.3) is 0 Å². The van der Waals surface area contributed by atoms with E-state index in [9.17, 15) is 4.39 Å². The van der Waals surface area contributed by atoms with Crippen molar-refractivity contribution in [2.45, 2.75) is 6.54 Å². The number of rotatable bonds is 3. The predicted molar refractivity (Wildman–Crippen MR) is 96.7 cm³/mol. The number of benzene rings is 2. The van der Waals surface area contributed by atoms with Gasteiger partial charge in [-0.2, -0.15) is 5.26 Å². The molecule has 0 spiro atoms. The van der Waals surface area contributed by atoms with Crippen LogP contribution in [0.4, 0.5) is 10.1 Å². The minimum atomic E-state index is -0.221. The topological polar surface area (TPSA) is 68.6 Å². The normalized spacial score (nSPS) is 15.1. The van der Waals surface area contributed by atoms with Gasteiger partial charge in [0.25, 0.3) is 0 Å². The molecule has 0 amide bonds. The molecule has 0 aliphatic carbocycles. The highest BCUT2D eigenvalue weighted by Gasteiger charge is 2.18. The number of guanidine groups is 1. The number of hydrogen-bond acceptors (Lipinski definition) is 3. The molecule has 0 radical (unpaired) electrons. The number of aliphatic imine (C=N–C) groups is 1. The van der Waals surface area contributed by atoms with Gasteiger partial charge in [-0.25, -0.2) is 9.38 Å². The predicted octanol–water partition coefficient (Wildman–Crippen LogP) is 2.33. The summed E-state index contributed by atoms with van der Waals surface area (Å²) in [6.07, 6.45) is 0. The van der Waals surface area contributed by atoms with Crippen molar-refractivity contribution in [2.24, 2.45) is 10.7 Å². The number of anilines is 1. The summed E-state index contributed by atoms with van der Waals surface area (Å²) in [5, 5.41) is 8.81. The summed E-state index contributed by atoms with van der Waals surface area (Å²) in [7, 11) is 0. The fourth-order valence-corrected chi connectivity index (χ4v) is 2.80. The average molecular weight is 337 g/mol. The Labute approximate surface area is 146 Å². The van der Waals surface area contributed by atoms with Crippen molar-refractivity contribution in [1.29, 1.82) is 5.26 Å². The standard InChI is InChI=1S/C19H20FN5/c20-17-5-7-18(8-6-17)24-9-11-25(12-10-24)19(22)23-14-16-3-1-15(13-21)2-4-16/h1-8H,9-12,14H2,(H2,22,23). The fraction of sp³-hybridized carbons (Fsp3) is 0.263. The minimum Gasteiger partial charge on any atom is -0.370 e.